The monoisotopic (exact) mass is 245 g/mol. The van der Waals surface area contributed by atoms with Crippen molar-refractivity contribution in [2.45, 2.75) is 20.8 Å². The lowest BCUT2D eigenvalue weighted by molar-refractivity contribution is -0.125. The Bertz CT molecular complexity index is 449. The molecule has 0 radical (unpaired) electrons. The SMILES string of the molecule is C=CC(C)(C)C(C)C(=O)NC(=O)c1ccccc1. The number of amides is 2. The van der Waals surface area contributed by atoms with Gasteiger partial charge in [-0.2, -0.15) is 0 Å². The third-order valence-electron chi connectivity index (χ3n) is 3.31. The van der Waals surface area contributed by atoms with Crippen molar-refractivity contribution < 1.29 is 9.59 Å². The highest BCUT2D eigenvalue weighted by molar-refractivity contribution is 6.05. The third kappa shape index (κ3) is 3.29. The van der Waals surface area contributed by atoms with E-state index in [0.717, 1.165) is 0 Å². The van der Waals surface area contributed by atoms with Gasteiger partial charge >= 0.3 is 0 Å². The molecule has 18 heavy (non-hydrogen) atoms. The fraction of sp³-hybridized carbons (Fsp3) is 0.333. The van der Waals surface area contributed by atoms with E-state index in [4.69, 9.17) is 0 Å². The van der Waals surface area contributed by atoms with Crippen LogP contribution in [0.15, 0.2) is 43.0 Å². The number of carbonyl (C=O) groups is 2. The lowest BCUT2D eigenvalue weighted by Crippen LogP contribution is -2.39. The summed E-state index contributed by atoms with van der Waals surface area (Å²) in [5.74, 6) is -0.969. The number of benzene rings is 1. The molecule has 0 aliphatic carbocycles. The number of rotatable bonds is 4. The van der Waals surface area contributed by atoms with Crippen LogP contribution in [0.3, 0.4) is 0 Å². The summed E-state index contributed by atoms with van der Waals surface area (Å²) >= 11 is 0. The zero-order chi connectivity index (χ0) is 13.8. The minimum Gasteiger partial charge on any atom is -0.292 e. The minimum atomic E-state index is -0.368. The molecule has 0 saturated carbocycles. The average Bonchev–Trinajstić information content (AvgIpc) is 2.38. The molecule has 1 atom stereocenters. The van der Waals surface area contributed by atoms with Crippen LogP contribution in [0.2, 0.25) is 0 Å². The van der Waals surface area contributed by atoms with Crippen LogP contribution in [-0.2, 0) is 4.79 Å². The Morgan fingerprint density at radius 1 is 1.28 bits per heavy atom. The number of imide groups is 1. The van der Waals surface area contributed by atoms with Gasteiger partial charge < -0.3 is 0 Å². The molecular formula is C15H19NO2. The van der Waals surface area contributed by atoms with E-state index in [1.807, 2.05) is 19.9 Å². The lowest BCUT2D eigenvalue weighted by Gasteiger charge is -2.26. The number of hydrogen-bond donors (Lipinski definition) is 1. The molecule has 0 fully saturated rings. The first-order chi connectivity index (χ1) is 8.38. The summed E-state index contributed by atoms with van der Waals surface area (Å²) in [6.07, 6.45) is 1.73. The van der Waals surface area contributed by atoms with E-state index in [1.54, 1.807) is 37.3 Å². The quantitative estimate of drug-likeness (QED) is 0.829. The van der Waals surface area contributed by atoms with Crippen molar-refractivity contribution >= 4 is 11.8 Å². The average molecular weight is 245 g/mol. The summed E-state index contributed by atoms with van der Waals surface area (Å²) in [7, 11) is 0. The second kappa shape index (κ2) is 5.63. The third-order valence-corrected chi connectivity index (χ3v) is 3.31. The van der Waals surface area contributed by atoms with Crippen molar-refractivity contribution in [2.24, 2.45) is 11.3 Å². The van der Waals surface area contributed by atoms with E-state index >= 15 is 0 Å². The molecule has 1 aromatic carbocycles. The van der Waals surface area contributed by atoms with Gasteiger partial charge in [-0.25, -0.2) is 0 Å². The summed E-state index contributed by atoms with van der Waals surface area (Å²) in [5.41, 5.74) is 0.135. The Morgan fingerprint density at radius 3 is 2.33 bits per heavy atom. The molecule has 3 nitrogen and oxygen atoms in total. The van der Waals surface area contributed by atoms with Crippen LogP contribution in [0.25, 0.3) is 0 Å². The van der Waals surface area contributed by atoms with E-state index < -0.39 is 0 Å². The molecule has 1 aromatic rings. The zero-order valence-corrected chi connectivity index (χ0v) is 11.1. The van der Waals surface area contributed by atoms with Crippen LogP contribution >= 0.6 is 0 Å². The maximum atomic E-state index is 12.0. The molecule has 2 amide bonds. The number of nitrogens with one attached hydrogen (secondary N) is 1. The van der Waals surface area contributed by atoms with Gasteiger partial charge in [-0.1, -0.05) is 45.0 Å². The summed E-state index contributed by atoms with van der Waals surface area (Å²) in [5, 5.41) is 2.41. The second-order valence-corrected chi connectivity index (χ2v) is 4.93. The van der Waals surface area contributed by atoms with Crippen LogP contribution in [0, 0.1) is 11.3 Å². The molecular weight excluding hydrogens is 226 g/mol. The largest absolute Gasteiger partial charge is 0.292 e. The lowest BCUT2D eigenvalue weighted by atomic mass is 9.79. The van der Waals surface area contributed by atoms with Gasteiger partial charge in [0, 0.05) is 11.5 Å². The highest BCUT2D eigenvalue weighted by Gasteiger charge is 2.29. The molecule has 0 saturated heterocycles. The Hall–Kier alpha value is -1.90. The van der Waals surface area contributed by atoms with Gasteiger partial charge in [0.05, 0.1) is 0 Å². The summed E-state index contributed by atoms with van der Waals surface area (Å²) < 4.78 is 0. The Kier molecular flexibility index (Phi) is 4.43. The van der Waals surface area contributed by atoms with Crippen LogP contribution < -0.4 is 5.32 Å². The van der Waals surface area contributed by atoms with Crippen molar-refractivity contribution in [2.75, 3.05) is 0 Å². The van der Waals surface area contributed by atoms with Crippen molar-refractivity contribution in [1.82, 2.24) is 5.32 Å². The van der Waals surface area contributed by atoms with E-state index in [1.165, 1.54) is 0 Å². The van der Waals surface area contributed by atoms with Gasteiger partial charge in [-0.3, -0.25) is 14.9 Å². The standard InChI is InChI=1S/C15H19NO2/c1-5-15(3,4)11(2)13(17)16-14(18)12-9-7-6-8-10-12/h5-11H,1H2,2-4H3,(H,16,17,18). The van der Waals surface area contributed by atoms with Crippen LogP contribution in [-0.4, -0.2) is 11.8 Å². The first-order valence-corrected chi connectivity index (χ1v) is 5.92. The molecule has 1 N–H and O–H groups in total. The van der Waals surface area contributed by atoms with Crippen molar-refractivity contribution in [1.29, 1.82) is 0 Å². The normalized spacial score (nSPS) is 12.6. The summed E-state index contributed by atoms with van der Waals surface area (Å²) in [4.78, 5) is 23.8. The van der Waals surface area contributed by atoms with Gasteiger partial charge in [0.1, 0.15) is 0 Å². The van der Waals surface area contributed by atoms with Crippen LogP contribution in [0.1, 0.15) is 31.1 Å². The number of allylic oxidation sites excluding steroid dienone is 1. The topological polar surface area (TPSA) is 46.2 Å². The highest BCUT2D eigenvalue weighted by Crippen LogP contribution is 2.27. The smallest absolute Gasteiger partial charge is 0.257 e. The molecule has 0 aliphatic heterocycles. The molecule has 0 aromatic heterocycles. The second-order valence-electron chi connectivity index (χ2n) is 4.93. The maximum Gasteiger partial charge on any atom is 0.257 e. The van der Waals surface area contributed by atoms with Crippen molar-refractivity contribution in [3.8, 4) is 0 Å². The predicted molar refractivity (Wildman–Crippen MR) is 72.1 cm³/mol. The number of carbonyl (C=O) groups excluding carboxylic acids is 2. The fourth-order valence-electron chi connectivity index (χ4n) is 1.40. The van der Waals surface area contributed by atoms with Gasteiger partial charge in [-0.05, 0) is 17.5 Å². The van der Waals surface area contributed by atoms with E-state index in [-0.39, 0.29) is 23.1 Å². The van der Waals surface area contributed by atoms with E-state index in [2.05, 4.69) is 11.9 Å². The highest BCUT2D eigenvalue weighted by atomic mass is 16.2. The van der Waals surface area contributed by atoms with Gasteiger partial charge in [-0.15, -0.1) is 6.58 Å². The Balaban J connectivity index is 2.72. The molecule has 0 heterocycles. The zero-order valence-electron chi connectivity index (χ0n) is 11.1. The molecule has 0 spiro atoms. The van der Waals surface area contributed by atoms with Gasteiger partial charge in [0.2, 0.25) is 5.91 Å². The van der Waals surface area contributed by atoms with E-state index in [9.17, 15) is 9.59 Å². The van der Waals surface area contributed by atoms with Gasteiger partial charge in [0.25, 0.3) is 5.91 Å². The summed E-state index contributed by atoms with van der Waals surface area (Å²) in [6.45, 7) is 9.32. The summed E-state index contributed by atoms with van der Waals surface area (Å²) in [6, 6.07) is 8.69. The van der Waals surface area contributed by atoms with Crippen molar-refractivity contribution in [3.63, 3.8) is 0 Å². The molecule has 0 aliphatic rings. The maximum absolute atomic E-state index is 12.0. The molecule has 96 valence electrons. The predicted octanol–water partition coefficient (Wildman–Crippen LogP) is 2.79. The number of hydrogen-bond acceptors (Lipinski definition) is 2. The molecule has 0 bridgehead atoms. The first kappa shape index (κ1) is 14.2. The first-order valence-electron chi connectivity index (χ1n) is 5.92. The van der Waals surface area contributed by atoms with E-state index in [0.29, 0.717) is 5.56 Å². The molecule has 1 unspecified atom stereocenters. The molecule has 1 rings (SSSR count). The molecule has 3 heteroatoms. The van der Waals surface area contributed by atoms with Crippen LogP contribution in [0.4, 0.5) is 0 Å². The fourth-order valence-corrected chi connectivity index (χ4v) is 1.40. The van der Waals surface area contributed by atoms with Crippen molar-refractivity contribution in [3.05, 3.63) is 48.6 Å². The Labute approximate surface area is 108 Å². The Morgan fingerprint density at radius 2 is 1.83 bits per heavy atom. The van der Waals surface area contributed by atoms with Crippen LogP contribution in [0.5, 0.6) is 0 Å². The van der Waals surface area contributed by atoms with Gasteiger partial charge in [0.15, 0.2) is 0 Å². The minimum absolute atomic E-state index is 0.284.